The van der Waals surface area contributed by atoms with E-state index in [0.29, 0.717) is 11.9 Å². The zero-order valence-electron chi connectivity index (χ0n) is 13.5. The van der Waals surface area contributed by atoms with Crippen LogP contribution in [-0.4, -0.2) is 53.2 Å². The number of nitrogens with zero attached hydrogens (tertiary/aromatic N) is 4. The van der Waals surface area contributed by atoms with Crippen LogP contribution in [0.3, 0.4) is 0 Å². The molecule has 1 aliphatic heterocycles. The Labute approximate surface area is 136 Å². The fraction of sp³-hybridized carbons (Fsp3) is 0.471. The van der Waals surface area contributed by atoms with Gasteiger partial charge in [-0.1, -0.05) is 0 Å². The molecule has 1 atom stereocenters. The maximum Gasteiger partial charge on any atom is 0.228 e. The molecule has 23 heavy (non-hydrogen) atoms. The van der Waals surface area contributed by atoms with Crippen molar-refractivity contribution in [1.29, 1.82) is 0 Å². The minimum Gasteiger partial charge on any atom is -0.383 e. The first-order chi connectivity index (χ1) is 11.3. The number of methoxy groups -OCH3 is 1. The van der Waals surface area contributed by atoms with Crippen LogP contribution < -0.4 is 5.32 Å². The van der Waals surface area contributed by atoms with E-state index in [1.165, 1.54) is 18.4 Å². The third-order valence-corrected chi connectivity index (χ3v) is 4.18. The summed E-state index contributed by atoms with van der Waals surface area (Å²) in [7, 11) is 1.76. The van der Waals surface area contributed by atoms with Gasteiger partial charge in [0.2, 0.25) is 5.95 Å². The molecule has 0 spiro atoms. The average molecular weight is 313 g/mol. The predicted molar refractivity (Wildman–Crippen MR) is 89.8 cm³/mol. The molecule has 1 N–H and O–H groups in total. The highest BCUT2D eigenvalue weighted by Crippen LogP contribution is 2.28. The van der Waals surface area contributed by atoms with E-state index < -0.39 is 0 Å². The lowest BCUT2D eigenvalue weighted by molar-refractivity contribution is 0.128. The van der Waals surface area contributed by atoms with Crippen molar-refractivity contribution in [2.45, 2.75) is 18.8 Å². The molecule has 1 saturated heterocycles. The topological polar surface area (TPSA) is 63.2 Å². The van der Waals surface area contributed by atoms with E-state index in [9.17, 15) is 0 Å². The van der Waals surface area contributed by atoms with Crippen LogP contribution in [0.4, 0.5) is 11.8 Å². The molecule has 1 aliphatic rings. The lowest BCUT2D eigenvalue weighted by atomic mass is 9.91. The maximum absolute atomic E-state index is 5.20. The molecular weight excluding hydrogens is 290 g/mol. The Bertz CT molecular complexity index is 607. The first-order valence-electron chi connectivity index (χ1n) is 8.06. The molecule has 3 heterocycles. The molecule has 2 aromatic rings. The lowest BCUT2D eigenvalue weighted by Crippen LogP contribution is -2.36. The molecular formula is C17H23N5O. The third-order valence-electron chi connectivity index (χ3n) is 4.18. The zero-order valence-corrected chi connectivity index (χ0v) is 13.5. The SMILES string of the molecule is COCCN1CCC[C@@H](c2ccnc(Nc3ncccn3)c2)C1. The number of pyridine rings is 1. The highest BCUT2D eigenvalue weighted by atomic mass is 16.5. The summed E-state index contributed by atoms with van der Waals surface area (Å²) in [5.74, 6) is 1.91. The second-order valence-electron chi connectivity index (χ2n) is 5.80. The molecule has 6 heteroatoms. The Balaban J connectivity index is 1.67. The van der Waals surface area contributed by atoms with Crippen molar-refractivity contribution in [3.63, 3.8) is 0 Å². The van der Waals surface area contributed by atoms with Crippen LogP contribution in [0.1, 0.15) is 24.3 Å². The molecule has 3 rings (SSSR count). The summed E-state index contributed by atoms with van der Waals surface area (Å²) in [6, 6.07) is 6.02. The summed E-state index contributed by atoms with van der Waals surface area (Å²) in [6.07, 6.45) is 7.73. The van der Waals surface area contributed by atoms with E-state index in [1.807, 2.05) is 6.20 Å². The Morgan fingerprint density at radius 2 is 2.13 bits per heavy atom. The normalized spacial score (nSPS) is 18.7. The van der Waals surface area contributed by atoms with Gasteiger partial charge in [-0.25, -0.2) is 15.0 Å². The minimum absolute atomic E-state index is 0.542. The molecule has 0 aliphatic carbocycles. The standard InChI is InChI=1S/C17H23N5O/c1-23-11-10-22-9-2-4-15(13-22)14-5-8-18-16(12-14)21-17-19-6-3-7-20-17/h3,5-8,12,15H,2,4,9-11,13H2,1H3,(H,18,19,20,21)/t15-/m1/s1. The summed E-state index contributed by atoms with van der Waals surface area (Å²) in [6.45, 7) is 4.03. The summed E-state index contributed by atoms with van der Waals surface area (Å²) < 4.78 is 5.20. The Morgan fingerprint density at radius 1 is 1.26 bits per heavy atom. The minimum atomic E-state index is 0.542. The number of nitrogens with one attached hydrogen (secondary N) is 1. The van der Waals surface area contributed by atoms with Crippen molar-refractivity contribution in [3.8, 4) is 0 Å². The van der Waals surface area contributed by atoms with Gasteiger partial charge in [-0.05, 0) is 49.1 Å². The Hall–Kier alpha value is -2.05. The molecule has 2 aromatic heterocycles. The smallest absolute Gasteiger partial charge is 0.228 e. The monoisotopic (exact) mass is 313 g/mol. The van der Waals surface area contributed by atoms with E-state index in [-0.39, 0.29) is 0 Å². The summed E-state index contributed by atoms with van der Waals surface area (Å²) in [5.41, 5.74) is 1.32. The van der Waals surface area contributed by atoms with Crippen molar-refractivity contribution >= 4 is 11.8 Å². The van der Waals surface area contributed by atoms with Gasteiger partial charge in [-0.3, -0.25) is 0 Å². The fourth-order valence-corrected chi connectivity index (χ4v) is 3.00. The molecule has 1 fully saturated rings. The largest absolute Gasteiger partial charge is 0.383 e. The Kier molecular flexibility index (Phi) is 5.50. The van der Waals surface area contributed by atoms with E-state index in [1.54, 1.807) is 25.6 Å². The first kappa shape index (κ1) is 15.8. The number of likely N-dealkylation sites (tertiary alicyclic amines) is 1. The highest BCUT2D eigenvalue weighted by molar-refractivity contribution is 5.48. The summed E-state index contributed by atoms with van der Waals surface area (Å²) in [5, 5.41) is 3.16. The zero-order chi connectivity index (χ0) is 15.9. The van der Waals surface area contributed by atoms with Gasteiger partial charge in [0.05, 0.1) is 6.61 Å². The van der Waals surface area contributed by atoms with E-state index in [4.69, 9.17) is 4.74 Å². The van der Waals surface area contributed by atoms with Crippen LogP contribution >= 0.6 is 0 Å². The summed E-state index contributed by atoms with van der Waals surface area (Å²) >= 11 is 0. The van der Waals surface area contributed by atoms with Crippen LogP contribution in [0.5, 0.6) is 0 Å². The number of aromatic nitrogens is 3. The van der Waals surface area contributed by atoms with Crippen LogP contribution in [-0.2, 0) is 4.74 Å². The second kappa shape index (κ2) is 7.99. The Morgan fingerprint density at radius 3 is 2.96 bits per heavy atom. The number of anilines is 2. The third kappa shape index (κ3) is 4.46. The quantitative estimate of drug-likeness (QED) is 0.884. The van der Waals surface area contributed by atoms with Crippen molar-refractivity contribution in [2.75, 3.05) is 38.7 Å². The molecule has 0 radical (unpaired) electrons. The van der Waals surface area contributed by atoms with Crippen LogP contribution in [0.2, 0.25) is 0 Å². The van der Waals surface area contributed by atoms with Crippen molar-refractivity contribution in [1.82, 2.24) is 19.9 Å². The number of hydrogen-bond acceptors (Lipinski definition) is 6. The molecule has 0 unspecified atom stereocenters. The first-order valence-corrected chi connectivity index (χ1v) is 8.06. The number of hydrogen-bond donors (Lipinski definition) is 1. The maximum atomic E-state index is 5.20. The second-order valence-corrected chi connectivity index (χ2v) is 5.80. The molecule has 122 valence electrons. The number of piperidine rings is 1. The van der Waals surface area contributed by atoms with Gasteiger partial charge >= 0.3 is 0 Å². The van der Waals surface area contributed by atoms with Crippen LogP contribution in [0, 0.1) is 0 Å². The van der Waals surface area contributed by atoms with Gasteiger partial charge in [-0.2, -0.15) is 0 Å². The number of rotatable bonds is 6. The number of ether oxygens (including phenoxy) is 1. The van der Waals surface area contributed by atoms with E-state index in [0.717, 1.165) is 32.1 Å². The van der Waals surface area contributed by atoms with Crippen molar-refractivity contribution in [2.24, 2.45) is 0 Å². The molecule has 0 saturated carbocycles. The van der Waals surface area contributed by atoms with Crippen molar-refractivity contribution < 1.29 is 4.74 Å². The molecule has 0 amide bonds. The van der Waals surface area contributed by atoms with Gasteiger partial charge < -0.3 is 15.0 Å². The van der Waals surface area contributed by atoms with Gasteiger partial charge in [-0.15, -0.1) is 0 Å². The van der Waals surface area contributed by atoms with E-state index in [2.05, 4.69) is 37.3 Å². The average Bonchev–Trinajstić information content (AvgIpc) is 2.61. The highest BCUT2D eigenvalue weighted by Gasteiger charge is 2.21. The van der Waals surface area contributed by atoms with Gasteiger partial charge in [0, 0.05) is 38.8 Å². The van der Waals surface area contributed by atoms with Gasteiger partial charge in [0.1, 0.15) is 5.82 Å². The molecule has 0 aromatic carbocycles. The van der Waals surface area contributed by atoms with Crippen molar-refractivity contribution in [3.05, 3.63) is 42.4 Å². The summed E-state index contributed by atoms with van der Waals surface area (Å²) in [4.78, 5) is 15.2. The van der Waals surface area contributed by atoms with Crippen LogP contribution in [0.15, 0.2) is 36.8 Å². The molecule has 6 nitrogen and oxygen atoms in total. The van der Waals surface area contributed by atoms with Crippen LogP contribution in [0.25, 0.3) is 0 Å². The molecule has 0 bridgehead atoms. The van der Waals surface area contributed by atoms with E-state index >= 15 is 0 Å². The fourth-order valence-electron chi connectivity index (χ4n) is 3.00. The lowest BCUT2D eigenvalue weighted by Gasteiger charge is -2.32. The predicted octanol–water partition coefficient (Wildman–Crippen LogP) is 2.44. The van der Waals surface area contributed by atoms with Gasteiger partial charge in [0.25, 0.3) is 0 Å². The van der Waals surface area contributed by atoms with Gasteiger partial charge in [0.15, 0.2) is 0 Å².